The Balaban J connectivity index is 1.68. The van der Waals surface area contributed by atoms with Gasteiger partial charge in [0.25, 0.3) is 0 Å². The van der Waals surface area contributed by atoms with Gasteiger partial charge in [-0.15, -0.1) is 0 Å². The smallest absolute Gasteiger partial charge is 0.175 e. The van der Waals surface area contributed by atoms with E-state index in [9.17, 15) is 0 Å². The first-order valence-corrected chi connectivity index (χ1v) is 10.3. The molecule has 1 aliphatic carbocycles. The molecule has 0 bridgehead atoms. The normalized spacial score (nSPS) is 16.2. The second kappa shape index (κ2) is 8.88. The molecule has 28 heavy (non-hydrogen) atoms. The summed E-state index contributed by atoms with van der Waals surface area (Å²) in [6.07, 6.45) is 3.67. The van der Waals surface area contributed by atoms with Gasteiger partial charge in [-0.25, -0.2) is 4.58 Å². The molecule has 3 aromatic carbocycles. The lowest BCUT2D eigenvalue weighted by atomic mass is 10.1. The Kier molecular flexibility index (Phi) is 5.86. The van der Waals surface area contributed by atoms with E-state index in [1.165, 1.54) is 36.1 Å². The summed E-state index contributed by atoms with van der Waals surface area (Å²) in [5.41, 5.74) is 5.61. The molecular weight excluding hydrogens is 340 g/mol. The number of anilines is 1. The summed E-state index contributed by atoms with van der Waals surface area (Å²) in [5, 5.41) is 0. The average Bonchev–Trinajstić information content (AvgIpc) is 3.25. The highest BCUT2D eigenvalue weighted by Crippen LogP contribution is 2.26. The molecule has 1 saturated carbocycles. The van der Waals surface area contributed by atoms with Gasteiger partial charge in [-0.2, -0.15) is 0 Å². The van der Waals surface area contributed by atoms with E-state index in [1.807, 2.05) is 0 Å². The van der Waals surface area contributed by atoms with Crippen molar-refractivity contribution in [1.82, 2.24) is 0 Å². The quantitative estimate of drug-likeness (QED) is 0.518. The van der Waals surface area contributed by atoms with Gasteiger partial charge in [-0.05, 0) is 25.0 Å². The molecule has 1 fully saturated rings. The van der Waals surface area contributed by atoms with Crippen LogP contribution in [0.5, 0.6) is 0 Å². The van der Waals surface area contributed by atoms with Crippen LogP contribution in [0.3, 0.4) is 0 Å². The van der Waals surface area contributed by atoms with Gasteiger partial charge in [-0.3, -0.25) is 0 Å². The Morgan fingerprint density at radius 2 is 1.25 bits per heavy atom. The highest BCUT2D eigenvalue weighted by atomic mass is 15.2. The molecule has 0 aromatic heterocycles. The summed E-state index contributed by atoms with van der Waals surface area (Å²) >= 11 is 0. The lowest BCUT2D eigenvalue weighted by molar-refractivity contribution is -0.562. The topological polar surface area (TPSA) is 6.25 Å². The van der Waals surface area contributed by atoms with Gasteiger partial charge in [-0.1, -0.05) is 78.9 Å². The van der Waals surface area contributed by atoms with Crippen molar-refractivity contribution in [3.63, 3.8) is 0 Å². The van der Waals surface area contributed by atoms with Gasteiger partial charge >= 0.3 is 0 Å². The number of hydrogen-bond acceptors (Lipinski definition) is 1. The van der Waals surface area contributed by atoms with Crippen molar-refractivity contribution < 1.29 is 4.58 Å². The third kappa shape index (κ3) is 4.33. The van der Waals surface area contributed by atoms with Crippen molar-refractivity contribution in [3.05, 3.63) is 102 Å². The van der Waals surface area contributed by atoms with Crippen molar-refractivity contribution in [1.29, 1.82) is 0 Å². The predicted octanol–water partition coefficient (Wildman–Crippen LogP) is 5.53. The molecule has 0 saturated heterocycles. The van der Waals surface area contributed by atoms with Crippen molar-refractivity contribution >= 4 is 11.4 Å². The first-order valence-electron chi connectivity index (χ1n) is 10.3. The van der Waals surface area contributed by atoms with Crippen molar-refractivity contribution in [2.75, 3.05) is 11.9 Å². The van der Waals surface area contributed by atoms with Gasteiger partial charge in [0.05, 0.1) is 0 Å². The summed E-state index contributed by atoms with van der Waals surface area (Å²) in [5.74, 6) is 0. The maximum absolute atomic E-state index is 2.61. The van der Waals surface area contributed by atoms with Crippen molar-refractivity contribution in [3.8, 4) is 0 Å². The zero-order chi connectivity index (χ0) is 19.2. The number of nitrogens with zero attached hydrogens (tertiary/aromatic N) is 2. The van der Waals surface area contributed by atoms with E-state index in [0.29, 0.717) is 6.04 Å². The van der Waals surface area contributed by atoms with Crippen molar-refractivity contribution in [2.24, 2.45) is 0 Å². The zero-order valence-corrected chi connectivity index (χ0v) is 16.7. The van der Waals surface area contributed by atoms with Crippen LogP contribution >= 0.6 is 0 Å². The molecule has 1 atom stereocenters. The third-order valence-corrected chi connectivity index (χ3v) is 5.76. The first kappa shape index (κ1) is 18.5. The summed E-state index contributed by atoms with van der Waals surface area (Å²) in [6.45, 7) is 1.92. The number of hydrogen-bond donors (Lipinski definition) is 0. The average molecular weight is 370 g/mol. The van der Waals surface area contributed by atoms with Crippen LogP contribution < -0.4 is 4.90 Å². The van der Waals surface area contributed by atoms with Crippen molar-refractivity contribution in [2.45, 2.75) is 38.4 Å². The van der Waals surface area contributed by atoms with E-state index in [0.717, 1.165) is 13.1 Å². The molecule has 0 amide bonds. The summed E-state index contributed by atoms with van der Waals surface area (Å²) in [7, 11) is 2.24. The second-order valence-corrected chi connectivity index (χ2v) is 7.67. The predicted molar refractivity (Wildman–Crippen MR) is 118 cm³/mol. The number of para-hydroxylation sites is 1. The van der Waals surface area contributed by atoms with Crippen LogP contribution in [-0.2, 0) is 13.1 Å². The van der Waals surface area contributed by atoms with Crippen LogP contribution in [0.25, 0.3) is 0 Å². The maximum atomic E-state index is 2.61. The zero-order valence-electron chi connectivity index (χ0n) is 16.7. The first-order chi connectivity index (χ1) is 13.8. The molecule has 2 heteroatoms. The highest BCUT2D eigenvalue weighted by Gasteiger charge is 2.34. The van der Waals surface area contributed by atoms with E-state index < -0.39 is 0 Å². The largest absolute Gasteiger partial charge is 0.362 e. The number of benzene rings is 3. The highest BCUT2D eigenvalue weighted by molar-refractivity contribution is 5.90. The maximum Gasteiger partial charge on any atom is 0.175 e. The van der Waals surface area contributed by atoms with E-state index in [-0.39, 0.29) is 0 Å². The monoisotopic (exact) mass is 369 g/mol. The molecule has 4 rings (SSSR count). The van der Waals surface area contributed by atoms with Crippen LogP contribution in [-0.4, -0.2) is 23.4 Å². The van der Waals surface area contributed by atoms with Crippen LogP contribution in [0.4, 0.5) is 5.69 Å². The molecule has 0 N–H and O–H groups in total. The minimum absolute atomic E-state index is 0.467. The lowest BCUT2D eigenvalue weighted by Crippen LogP contribution is -2.39. The Morgan fingerprint density at radius 3 is 1.79 bits per heavy atom. The molecule has 0 aliphatic heterocycles. The fourth-order valence-corrected chi connectivity index (χ4v) is 4.31. The Morgan fingerprint density at radius 1 is 0.750 bits per heavy atom. The summed E-state index contributed by atoms with van der Waals surface area (Å²) in [6, 6.07) is 33.0. The summed E-state index contributed by atoms with van der Waals surface area (Å²) < 4.78 is 2.61. The minimum atomic E-state index is 0.467. The van der Waals surface area contributed by atoms with E-state index in [1.54, 1.807) is 5.71 Å². The lowest BCUT2D eigenvalue weighted by Gasteiger charge is -2.26. The molecule has 3 aromatic rings. The molecule has 1 aliphatic rings. The Bertz CT molecular complexity index is 857. The SMILES string of the molecule is CN(c1ccccc1)C1CCCC1=[N+](Cc1ccccc1)Cc1ccccc1. The summed E-state index contributed by atoms with van der Waals surface area (Å²) in [4.78, 5) is 2.46. The van der Waals surface area contributed by atoms with E-state index in [4.69, 9.17) is 0 Å². The van der Waals surface area contributed by atoms with Crippen LogP contribution in [0.15, 0.2) is 91.0 Å². The third-order valence-electron chi connectivity index (χ3n) is 5.76. The Hall–Kier alpha value is -2.87. The fourth-order valence-electron chi connectivity index (χ4n) is 4.31. The molecule has 142 valence electrons. The molecule has 0 spiro atoms. The fraction of sp³-hybridized carbons (Fsp3) is 0.269. The van der Waals surface area contributed by atoms with Gasteiger partial charge in [0, 0.05) is 30.3 Å². The van der Waals surface area contributed by atoms with E-state index in [2.05, 4.69) is 108 Å². The minimum Gasteiger partial charge on any atom is -0.362 e. The molecule has 0 radical (unpaired) electrons. The van der Waals surface area contributed by atoms with E-state index >= 15 is 0 Å². The molecular formula is C26H29N2+. The van der Waals surface area contributed by atoms with Crippen LogP contribution in [0.2, 0.25) is 0 Å². The van der Waals surface area contributed by atoms with Gasteiger partial charge in [0.2, 0.25) is 0 Å². The number of rotatable bonds is 6. The molecule has 1 unspecified atom stereocenters. The molecule has 2 nitrogen and oxygen atoms in total. The standard InChI is InChI=1S/C26H29N2/c1-27(24-16-9-4-10-17-24)25-18-11-19-26(25)28(20-22-12-5-2-6-13-22)21-23-14-7-3-8-15-23/h2-10,12-17,25H,11,18-21H2,1H3/q+1. The van der Waals surface area contributed by atoms with Gasteiger partial charge in [0.1, 0.15) is 6.04 Å². The molecule has 0 heterocycles. The van der Waals surface area contributed by atoms with Gasteiger partial charge < -0.3 is 4.90 Å². The second-order valence-electron chi connectivity index (χ2n) is 7.67. The van der Waals surface area contributed by atoms with Gasteiger partial charge in [0.15, 0.2) is 18.8 Å². The van der Waals surface area contributed by atoms with Crippen LogP contribution in [0.1, 0.15) is 30.4 Å². The van der Waals surface area contributed by atoms with Crippen LogP contribution in [0, 0.1) is 0 Å². The Labute approximate surface area is 168 Å².